The lowest BCUT2D eigenvalue weighted by atomic mass is 10.2. The van der Waals surface area contributed by atoms with Crippen LogP contribution in [0.4, 0.5) is 0 Å². The third-order valence-electron chi connectivity index (χ3n) is 2.59. The highest BCUT2D eigenvalue weighted by Gasteiger charge is 2.07. The second kappa shape index (κ2) is 6.72. The topological polar surface area (TPSA) is 59.4 Å². The molecule has 1 aromatic heterocycles. The summed E-state index contributed by atoms with van der Waals surface area (Å²) in [4.78, 5) is 14.8. The lowest BCUT2D eigenvalue weighted by Crippen LogP contribution is -2.03. The summed E-state index contributed by atoms with van der Waals surface area (Å²) in [5.74, 6) is -0.210. The highest BCUT2D eigenvalue weighted by Crippen LogP contribution is 2.25. The lowest BCUT2D eigenvalue weighted by molar-refractivity contribution is -0.136. The predicted molar refractivity (Wildman–Crippen MR) is 78.8 cm³/mol. The number of ether oxygens (including phenoxy) is 1. The Kier molecular flexibility index (Phi) is 4.98. The highest BCUT2D eigenvalue weighted by molar-refractivity contribution is 7.09. The van der Waals surface area contributed by atoms with Gasteiger partial charge in [-0.1, -0.05) is 17.7 Å². The van der Waals surface area contributed by atoms with Crippen LogP contribution in [0, 0.1) is 6.92 Å². The molecule has 0 spiro atoms. The normalized spacial score (nSPS) is 10.5. The molecule has 0 saturated carbocycles. The van der Waals surface area contributed by atoms with Crippen LogP contribution in [0.2, 0.25) is 5.02 Å². The molecular weight excluding hydrogens is 298 g/mol. The molecule has 0 aliphatic rings. The molecular formula is C14H14ClNO3S. The van der Waals surface area contributed by atoms with E-state index in [0.29, 0.717) is 29.5 Å². The van der Waals surface area contributed by atoms with Gasteiger partial charge in [0.05, 0.1) is 28.8 Å². The van der Waals surface area contributed by atoms with Gasteiger partial charge in [-0.3, -0.25) is 4.79 Å². The fourth-order valence-electron chi connectivity index (χ4n) is 1.67. The smallest absolute Gasteiger partial charge is 0.309 e. The van der Waals surface area contributed by atoms with Crippen LogP contribution in [0.25, 0.3) is 0 Å². The number of thiazole rings is 1. The zero-order valence-electron chi connectivity index (χ0n) is 10.9. The maximum atomic E-state index is 10.6. The molecule has 0 radical (unpaired) electrons. The van der Waals surface area contributed by atoms with Gasteiger partial charge in [-0.15, -0.1) is 11.3 Å². The highest BCUT2D eigenvalue weighted by atomic mass is 35.5. The van der Waals surface area contributed by atoms with Crippen molar-refractivity contribution in [2.75, 3.05) is 6.61 Å². The Bertz CT molecular complexity index is 612. The number of halogens is 1. The summed E-state index contributed by atoms with van der Waals surface area (Å²) in [6.45, 7) is 2.44. The Labute approximate surface area is 126 Å². The molecule has 106 valence electrons. The van der Waals surface area contributed by atoms with E-state index in [1.165, 1.54) is 11.3 Å². The second-order valence-corrected chi connectivity index (χ2v) is 5.69. The van der Waals surface area contributed by atoms with Gasteiger partial charge in [-0.25, -0.2) is 4.98 Å². The first-order valence-electron chi connectivity index (χ1n) is 6.08. The van der Waals surface area contributed by atoms with Crippen molar-refractivity contribution in [2.24, 2.45) is 0 Å². The van der Waals surface area contributed by atoms with Crippen LogP contribution < -0.4 is 4.74 Å². The summed E-state index contributed by atoms with van der Waals surface area (Å²) in [7, 11) is 0. The van der Waals surface area contributed by atoms with E-state index in [4.69, 9.17) is 21.4 Å². The maximum absolute atomic E-state index is 10.6. The first-order chi connectivity index (χ1) is 9.54. The van der Waals surface area contributed by atoms with E-state index >= 15 is 0 Å². The van der Waals surface area contributed by atoms with Crippen molar-refractivity contribution in [3.05, 3.63) is 44.9 Å². The number of nitrogens with zero attached hydrogens (tertiary/aromatic N) is 1. The molecule has 4 nitrogen and oxygen atoms in total. The van der Waals surface area contributed by atoms with Gasteiger partial charge >= 0.3 is 5.97 Å². The standard InChI is InChI=1S/C14H14ClNO3S/c1-9-2-3-11(15)12(6-9)19-5-4-13-16-10(8-20-13)7-14(17)18/h2-3,6,8H,4-5,7H2,1H3,(H,17,18). The number of hydrogen-bond acceptors (Lipinski definition) is 4. The number of aliphatic carboxylic acids is 1. The number of carboxylic acids is 1. The first-order valence-corrected chi connectivity index (χ1v) is 7.34. The third kappa shape index (κ3) is 4.21. The van der Waals surface area contributed by atoms with E-state index in [0.717, 1.165) is 10.6 Å². The van der Waals surface area contributed by atoms with Crippen molar-refractivity contribution in [3.63, 3.8) is 0 Å². The number of carboxylic acid groups (broad SMARTS) is 1. The fraction of sp³-hybridized carbons (Fsp3) is 0.286. The molecule has 1 aromatic carbocycles. The SMILES string of the molecule is Cc1ccc(Cl)c(OCCc2nc(CC(=O)O)cs2)c1. The number of carbonyl (C=O) groups is 1. The van der Waals surface area contributed by atoms with Crippen molar-refractivity contribution in [2.45, 2.75) is 19.8 Å². The monoisotopic (exact) mass is 311 g/mol. The van der Waals surface area contributed by atoms with Gasteiger partial charge in [-0.05, 0) is 24.6 Å². The van der Waals surface area contributed by atoms with Gasteiger partial charge in [0.15, 0.2) is 0 Å². The Morgan fingerprint density at radius 3 is 3.05 bits per heavy atom. The maximum Gasteiger partial charge on any atom is 0.309 e. The molecule has 0 bridgehead atoms. The van der Waals surface area contributed by atoms with Crippen LogP contribution in [-0.4, -0.2) is 22.7 Å². The summed E-state index contributed by atoms with van der Waals surface area (Å²) in [5.41, 5.74) is 1.67. The van der Waals surface area contributed by atoms with Crippen LogP contribution in [0.1, 0.15) is 16.3 Å². The van der Waals surface area contributed by atoms with E-state index < -0.39 is 5.97 Å². The van der Waals surface area contributed by atoms with Crippen molar-refractivity contribution in [1.29, 1.82) is 0 Å². The summed E-state index contributed by atoms with van der Waals surface area (Å²) in [6.07, 6.45) is 0.593. The Balaban J connectivity index is 1.88. The van der Waals surface area contributed by atoms with Crippen LogP contribution in [0.15, 0.2) is 23.6 Å². The zero-order valence-corrected chi connectivity index (χ0v) is 12.5. The minimum absolute atomic E-state index is 0.0406. The molecule has 1 N–H and O–H groups in total. The quantitative estimate of drug-likeness (QED) is 0.888. The van der Waals surface area contributed by atoms with Gasteiger partial charge in [0.2, 0.25) is 0 Å². The van der Waals surface area contributed by atoms with Gasteiger partial charge in [0, 0.05) is 11.8 Å². The minimum atomic E-state index is -0.871. The molecule has 1 heterocycles. The van der Waals surface area contributed by atoms with E-state index in [1.54, 1.807) is 11.4 Å². The second-order valence-electron chi connectivity index (χ2n) is 4.34. The molecule has 0 atom stereocenters. The summed E-state index contributed by atoms with van der Waals surface area (Å²) in [5, 5.41) is 11.9. The van der Waals surface area contributed by atoms with Crippen molar-refractivity contribution < 1.29 is 14.6 Å². The number of hydrogen-bond donors (Lipinski definition) is 1. The Morgan fingerprint density at radius 2 is 2.30 bits per heavy atom. The van der Waals surface area contributed by atoms with Gasteiger partial charge < -0.3 is 9.84 Å². The third-order valence-corrected chi connectivity index (χ3v) is 3.86. The van der Waals surface area contributed by atoms with Crippen molar-refractivity contribution in [1.82, 2.24) is 4.98 Å². The molecule has 2 aromatic rings. The van der Waals surface area contributed by atoms with Gasteiger partial charge in [-0.2, -0.15) is 0 Å². The number of aryl methyl sites for hydroxylation is 1. The van der Waals surface area contributed by atoms with Crippen molar-refractivity contribution >= 4 is 28.9 Å². The summed E-state index contributed by atoms with van der Waals surface area (Å²) >= 11 is 7.48. The molecule has 20 heavy (non-hydrogen) atoms. The van der Waals surface area contributed by atoms with Crippen molar-refractivity contribution in [3.8, 4) is 5.75 Å². The van der Waals surface area contributed by atoms with Crippen LogP contribution in [-0.2, 0) is 17.6 Å². The summed E-state index contributed by atoms with van der Waals surface area (Å²) in [6, 6.07) is 5.62. The molecule has 6 heteroatoms. The zero-order chi connectivity index (χ0) is 14.5. The predicted octanol–water partition coefficient (Wildman–Crippen LogP) is 3.35. The molecule has 0 unspecified atom stereocenters. The Hall–Kier alpha value is -1.59. The van der Waals surface area contributed by atoms with Gasteiger partial charge in [0.1, 0.15) is 5.75 Å². The summed E-state index contributed by atoms with van der Waals surface area (Å²) < 4.78 is 5.63. The fourth-order valence-corrected chi connectivity index (χ4v) is 2.62. The first kappa shape index (κ1) is 14.8. The molecule has 0 aliphatic carbocycles. The lowest BCUT2D eigenvalue weighted by Gasteiger charge is -2.07. The number of aromatic nitrogens is 1. The molecule has 0 aliphatic heterocycles. The van der Waals surface area contributed by atoms with E-state index in [9.17, 15) is 4.79 Å². The van der Waals surface area contributed by atoms with Gasteiger partial charge in [0.25, 0.3) is 0 Å². The van der Waals surface area contributed by atoms with Crippen LogP contribution in [0.5, 0.6) is 5.75 Å². The van der Waals surface area contributed by atoms with Crippen LogP contribution in [0.3, 0.4) is 0 Å². The van der Waals surface area contributed by atoms with E-state index in [2.05, 4.69) is 4.98 Å². The number of rotatable bonds is 6. The Morgan fingerprint density at radius 1 is 1.50 bits per heavy atom. The average Bonchev–Trinajstić information content (AvgIpc) is 2.80. The average molecular weight is 312 g/mol. The molecule has 0 fully saturated rings. The molecule has 0 saturated heterocycles. The molecule has 0 amide bonds. The molecule has 2 rings (SSSR count). The minimum Gasteiger partial charge on any atom is -0.492 e. The van der Waals surface area contributed by atoms with E-state index in [-0.39, 0.29) is 6.42 Å². The number of benzene rings is 1. The van der Waals surface area contributed by atoms with Crippen LogP contribution >= 0.6 is 22.9 Å². The largest absolute Gasteiger partial charge is 0.492 e. The van der Waals surface area contributed by atoms with E-state index in [1.807, 2.05) is 19.1 Å².